The lowest BCUT2D eigenvalue weighted by atomic mass is 10.1. The number of hydrogen-bond acceptors (Lipinski definition) is 6. The summed E-state index contributed by atoms with van der Waals surface area (Å²) in [6, 6.07) is 11.2. The number of piperazine rings is 1. The van der Waals surface area contributed by atoms with E-state index in [-0.39, 0.29) is 16.7 Å². The van der Waals surface area contributed by atoms with E-state index in [1.165, 1.54) is 19.1 Å². The predicted octanol–water partition coefficient (Wildman–Crippen LogP) is 3.12. The maximum Gasteiger partial charge on any atom is 0.261 e. The van der Waals surface area contributed by atoms with Crippen LogP contribution in [0.5, 0.6) is 0 Å². The second-order valence-electron chi connectivity index (χ2n) is 8.52. The highest BCUT2D eigenvalue weighted by Gasteiger charge is 2.23. The Labute approximate surface area is 207 Å². The number of sulfonamides is 1. The Morgan fingerprint density at radius 3 is 2.34 bits per heavy atom. The molecule has 0 radical (unpaired) electrons. The van der Waals surface area contributed by atoms with Gasteiger partial charge in [0.05, 0.1) is 16.3 Å². The number of anilines is 3. The summed E-state index contributed by atoms with van der Waals surface area (Å²) in [5.74, 6) is -0.353. The Morgan fingerprint density at radius 2 is 1.74 bits per heavy atom. The van der Waals surface area contributed by atoms with E-state index in [4.69, 9.17) is 0 Å². The van der Waals surface area contributed by atoms with Crippen LogP contribution >= 0.6 is 0 Å². The molecule has 1 aliphatic rings. The topological polar surface area (TPSA) is 111 Å². The molecule has 0 unspecified atom stereocenters. The third kappa shape index (κ3) is 6.95. The van der Waals surface area contributed by atoms with E-state index < -0.39 is 10.0 Å². The molecule has 35 heavy (non-hydrogen) atoms. The largest absolute Gasteiger partial charge is 0.367 e. The minimum Gasteiger partial charge on any atom is -0.367 e. The zero-order chi connectivity index (χ0) is 25.4. The zero-order valence-corrected chi connectivity index (χ0v) is 21.5. The van der Waals surface area contributed by atoms with Gasteiger partial charge < -0.3 is 20.4 Å². The number of benzene rings is 2. The normalized spacial score (nSPS) is 13.9. The first-order valence-corrected chi connectivity index (χ1v) is 13.5. The first-order valence-electron chi connectivity index (χ1n) is 12.0. The fourth-order valence-corrected chi connectivity index (χ4v) is 5.06. The van der Waals surface area contributed by atoms with E-state index >= 15 is 0 Å². The number of rotatable bonds is 10. The highest BCUT2D eigenvalue weighted by Crippen LogP contribution is 2.30. The van der Waals surface area contributed by atoms with Gasteiger partial charge >= 0.3 is 0 Å². The van der Waals surface area contributed by atoms with Crippen LogP contribution in [0.25, 0.3) is 0 Å². The summed E-state index contributed by atoms with van der Waals surface area (Å²) in [7, 11) is -3.93. The van der Waals surface area contributed by atoms with Crippen molar-refractivity contribution in [3.63, 3.8) is 0 Å². The standard InChI is InChI=1S/C25H35N5O4S/c1-4-6-15-29(5-2)25(32)20-7-12-24(30-16-13-26-14-17-30)23(18-20)28-35(33,34)22-10-8-21(9-11-22)27-19(3)31/h7-12,18,26,28H,4-6,13-17H2,1-3H3,(H,27,31). The van der Waals surface area contributed by atoms with Crippen LogP contribution in [0.15, 0.2) is 47.4 Å². The third-order valence-electron chi connectivity index (χ3n) is 5.88. The maximum absolute atomic E-state index is 13.3. The van der Waals surface area contributed by atoms with Crippen LogP contribution in [0.4, 0.5) is 17.1 Å². The highest BCUT2D eigenvalue weighted by atomic mass is 32.2. The molecule has 0 spiro atoms. The van der Waals surface area contributed by atoms with E-state index in [0.717, 1.165) is 44.7 Å². The summed E-state index contributed by atoms with van der Waals surface area (Å²) in [5, 5.41) is 5.92. The second-order valence-corrected chi connectivity index (χ2v) is 10.2. The molecule has 0 aromatic heterocycles. The van der Waals surface area contributed by atoms with Crippen molar-refractivity contribution in [3.8, 4) is 0 Å². The maximum atomic E-state index is 13.3. The number of nitrogens with one attached hydrogen (secondary N) is 3. The molecule has 0 bridgehead atoms. The van der Waals surface area contributed by atoms with Gasteiger partial charge in [0.1, 0.15) is 0 Å². The predicted molar refractivity (Wildman–Crippen MR) is 140 cm³/mol. The zero-order valence-electron chi connectivity index (χ0n) is 20.6. The molecule has 10 heteroatoms. The number of carbonyl (C=O) groups is 2. The monoisotopic (exact) mass is 501 g/mol. The SMILES string of the molecule is CCCCN(CC)C(=O)c1ccc(N2CCNCC2)c(NS(=O)(=O)c2ccc(NC(C)=O)cc2)c1. The minimum atomic E-state index is -3.93. The molecule has 9 nitrogen and oxygen atoms in total. The molecule has 0 aliphatic carbocycles. The Kier molecular flexibility index (Phi) is 9.11. The molecule has 1 saturated heterocycles. The molecule has 0 saturated carbocycles. The van der Waals surface area contributed by atoms with Crippen molar-refractivity contribution in [2.45, 2.75) is 38.5 Å². The van der Waals surface area contributed by atoms with E-state index in [2.05, 4.69) is 27.2 Å². The van der Waals surface area contributed by atoms with Gasteiger partial charge in [0, 0.05) is 57.4 Å². The minimum absolute atomic E-state index is 0.0627. The summed E-state index contributed by atoms with van der Waals surface area (Å²) in [6.07, 6.45) is 1.89. The second kappa shape index (κ2) is 12.0. The smallest absolute Gasteiger partial charge is 0.261 e. The number of unbranched alkanes of at least 4 members (excludes halogenated alkanes) is 1. The molecule has 190 valence electrons. The van der Waals surface area contributed by atoms with Crippen molar-refractivity contribution < 1.29 is 18.0 Å². The van der Waals surface area contributed by atoms with Crippen molar-refractivity contribution in [1.82, 2.24) is 10.2 Å². The van der Waals surface area contributed by atoms with Gasteiger partial charge in [-0.2, -0.15) is 0 Å². The van der Waals surface area contributed by atoms with Gasteiger partial charge in [-0.3, -0.25) is 14.3 Å². The number of nitrogens with zero attached hydrogens (tertiary/aromatic N) is 2. The fourth-order valence-electron chi connectivity index (χ4n) is 3.99. The van der Waals surface area contributed by atoms with Gasteiger partial charge in [-0.1, -0.05) is 13.3 Å². The lowest BCUT2D eigenvalue weighted by Gasteiger charge is -2.31. The number of amides is 2. The summed E-state index contributed by atoms with van der Waals surface area (Å²) in [4.78, 5) is 28.4. The molecule has 1 fully saturated rings. The van der Waals surface area contributed by atoms with Crippen LogP contribution < -0.4 is 20.3 Å². The quantitative estimate of drug-likeness (QED) is 0.461. The molecule has 3 rings (SSSR count). The highest BCUT2D eigenvalue weighted by molar-refractivity contribution is 7.92. The van der Waals surface area contributed by atoms with Gasteiger partial charge in [0.25, 0.3) is 15.9 Å². The lowest BCUT2D eigenvalue weighted by Crippen LogP contribution is -2.43. The average Bonchev–Trinajstić information content (AvgIpc) is 2.84. The van der Waals surface area contributed by atoms with Gasteiger partial charge in [0.2, 0.25) is 5.91 Å². The fraction of sp³-hybridized carbons (Fsp3) is 0.440. The lowest BCUT2D eigenvalue weighted by molar-refractivity contribution is -0.114. The van der Waals surface area contributed by atoms with E-state index in [1.54, 1.807) is 29.2 Å². The van der Waals surface area contributed by atoms with Crippen LogP contribution in [-0.2, 0) is 14.8 Å². The van der Waals surface area contributed by atoms with Gasteiger partial charge in [-0.05, 0) is 55.8 Å². The van der Waals surface area contributed by atoms with Crippen LogP contribution in [0.3, 0.4) is 0 Å². The summed E-state index contributed by atoms with van der Waals surface area (Å²) in [5.41, 5.74) is 2.06. The Hall–Kier alpha value is -3.11. The first-order chi connectivity index (χ1) is 16.7. The Morgan fingerprint density at radius 1 is 1.06 bits per heavy atom. The van der Waals surface area contributed by atoms with Gasteiger partial charge in [-0.25, -0.2) is 8.42 Å². The van der Waals surface area contributed by atoms with Crippen LogP contribution in [0.1, 0.15) is 44.0 Å². The molecule has 2 aromatic rings. The van der Waals surface area contributed by atoms with Crippen molar-refractivity contribution in [1.29, 1.82) is 0 Å². The average molecular weight is 502 g/mol. The van der Waals surface area contributed by atoms with Crippen molar-refractivity contribution >= 4 is 38.9 Å². The molecule has 1 aliphatic heterocycles. The molecular weight excluding hydrogens is 466 g/mol. The van der Waals surface area contributed by atoms with Gasteiger partial charge in [0.15, 0.2) is 0 Å². The Balaban J connectivity index is 1.94. The van der Waals surface area contributed by atoms with Crippen LogP contribution in [-0.4, -0.2) is 64.4 Å². The number of hydrogen-bond donors (Lipinski definition) is 3. The molecule has 3 N–H and O–H groups in total. The summed E-state index contributed by atoms with van der Waals surface area (Å²) in [6.45, 7) is 9.69. The van der Waals surface area contributed by atoms with Crippen LogP contribution in [0.2, 0.25) is 0 Å². The van der Waals surface area contributed by atoms with E-state index in [1.807, 2.05) is 13.0 Å². The third-order valence-corrected chi connectivity index (χ3v) is 7.26. The summed E-state index contributed by atoms with van der Waals surface area (Å²) >= 11 is 0. The molecule has 2 amide bonds. The van der Waals surface area contributed by atoms with Crippen molar-refractivity contribution in [2.75, 3.05) is 54.2 Å². The molecule has 0 atom stereocenters. The van der Waals surface area contributed by atoms with Gasteiger partial charge in [-0.15, -0.1) is 0 Å². The molecule has 2 aromatic carbocycles. The van der Waals surface area contributed by atoms with Crippen molar-refractivity contribution in [3.05, 3.63) is 48.0 Å². The molecule has 1 heterocycles. The van der Waals surface area contributed by atoms with E-state index in [0.29, 0.717) is 30.0 Å². The Bertz CT molecular complexity index is 1130. The molecular formula is C25H35N5O4S. The first kappa shape index (κ1) is 26.5. The van der Waals surface area contributed by atoms with Crippen LogP contribution in [0, 0.1) is 0 Å². The van der Waals surface area contributed by atoms with E-state index in [9.17, 15) is 18.0 Å². The van der Waals surface area contributed by atoms with Crippen molar-refractivity contribution in [2.24, 2.45) is 0 Å². The number of carbonyl (C=O) groups excluding carboxylic acids is 2. The summed E-state index contributed by atoms with van der Waals surface area (Å²) < 4.78 is 29.2.